The molecule has 5 nitrogen and oxygen atoms in total. The highest BCUT2D eigenvalue weighted by Gasteiger charge is 2.36. The smallest absolute Gasteiger partial charge is 0.271 e. The normalized spacial score (nSPS) is 17.3. The number of benzene rings is 2. The number of carbonyl (C=O) groups is 1. The van der Waals surface area contributed by atoms with Crippen molar-refractivity contribution >= 4 is 50.6 Å². The van der Waals surface area contributed by atoms with Gasteiger partial charge in [-0.1, -0.05) is 30.3 Å². The second-order valence-electron chi connectivity index (χ2n) is 5.97. The molecule has 1 saturated heterocycles. The minimum absolute atomic E-state index is 0.0909. The Balaban J connectivity index is 1.81. The molecule has 0 unspecified atom stereocenters. The van der Waals surface area contributed by atoms with Gasteiger partial charge in [0.15, 0.2) is 5.17 Å². The maximum absolute atomic E-state index is 13.3. The van der Waals surface area contributed by atoms with E-state index in [0.717, 1.165) is 22.6 Å². The third kappa shape index (κ3) is 3.58. The Kier molecular flexibility index (Phi) is 5.27. The Hall–Kier alpha value is -2.90. The molecule has 2 heterocycles. The first-order chi connectivity index (χ1) is 13.7. The summed E-state index contributed by atoms with van der Waals surface area (Å²) in [6, 6.07) is 17.3. The first-order valence-corrected chi connectivity index (χ1v) is 10.3. The Morgan fingerprint density at radius 3 is 2.68 bits per heavy atom. The number of rotatable bonds is 4. The average Bonchev–Trinajstić information content (AvgIpc) is 3.36. The van der Waals surface area contributed by atoms with Crippen LogP contribution < -0.4 is 9.64 Å². The first kappa shape index (κ1) is 18.5. The summed E-state index contributed by atoms with van der Waals surface area (Å²) in [4.78, 5) is 24.5. The van der Waals surface area contributed by atoms with Gasteiger partial charge in [0.1, 0.15) is 5.75 Å². The fraction of sp³-hybridized carbons (Fsp3) is 0.0952. The van der Waals surface area contributed by atoms with Crippen LogP contribution in [0.25, 0.3) is 5.57 Å². The number of thioether (sulfide) groups is 1. The largest absolute Gasteiger partial charge is 0.497 e. The number of methoxy groups -OCH3 is 1. The lowest BCUT2D eigenvalue weighted by molar-refractivity contribution is -0.113. The zero-order valence-corrected chi connectivity index (χ0v) is 17.0. The number of hydrogen-bond acceptors (Lipinski definition) is 6. The van der Waals surface area contributed by atoms with E-state index in [0.29, 0.717) is 15.2 Å². The van der Waals surface area contributed by atoms with Gasteiger partial charge in [0, 0.05) is 11.6 Å². The Morgan fingerprint density at radius 2 is 1.96 bits per heavy atom. The van der Waals surface area contributed by atoms with Gasteiger partial charge in [-0.25, -0.2) is 4.98 Å². The molecule has 1 aliphatic rings. The number of aliphatic imine (C=N–C) groups is 1. The van der Waals surface area contributed by atoms with Crippen molar-refractivity contribution in [2.75, 3.05) is 12.0 Å². The van der Waals surface area contributed by atoms with Crippen LogP contribution in [-0.4, -0.2) is 23.2 Å². The number of thiazole rings is 1. The van der Waals surface area contributed by atoms with Gasteiger partial charge in [-0.15, -0.1) is 11.3 Å². The van der Waals surface area contributed by atoms with E-state index in [2.05, 4.69) is 9.98 Å². The second kappa shape index (κ2) is 8.00. The third-order valence-electron chi connectivity index (χ3n) is 4.25. The number of amidine groups is 1. The second-order valence-corrected chi connectivity index (χ2v) is 7.82. The predicted octanol–water partition coefficient (Wildman–Crippen LogP) is 5.35. The molecule has 0 N–H and O–H groups in total. The number of amides is 1. The van der Waals surface area contributed by atoms with Gasteiger partial charge in [-0.3, -0.25) is 9.69 Å². The molecule has 0 spiro atoms. The topological polar surface area (TPSA) is 54.8 Å². The summed E-state index contributed by atoms with van der Waals surface area (Å²) in [7, 11) is 1.63. The average molecular weight is 408 g/mol. The molecule has 1 aliphatic heterocycles. The van der Waals surface area contributed by atoms with E-state index in [4.69, 9.17) is 4.74 Å². The van der Waals surface area contributed by atoms with Gasteiger partial charge in [0.25, 0.3) is 5.91 Å². The van der Waals surface area contributed by atoms with Gasteiger partial charge >= 0.3 is 0 Å². The number of hydrogen-bond donors (Lipinski definition) is 0. The molecule has 0 aliphatic carbocycles. The maximum Gasteiger partial charge on any atom is 0.271 e. The van der Waals surface area contributed by atoms with Crippen LogP contribution in [-0.2, 0) is 4.79 Å². The monoisotopic (exact) mass is 407 g/mol. The summed E-state index contributed by atoms with van der Waals surface area (Å²) in [6.07, 6.45) is 1.70. The number of aromatic nitrogens is 1. The van der Waals surface area contributed by atoms with Gasteiger partial charge in [-0.05, 0) is 54.1 Å². The van der Waals surface area contributed by atoms with Crippen LogP contribution in [0.1, 0.15) is 12.5 Å². The number of nitrogens with zero attached hydrogens (tertiary/aromatic N) is 3. The van der Waals surface area contributed by atoms with Crippen LogP contribution >= 0.6 is 23.1 Å². The quantitative estimate of drug-likeness (QED) is 0.547. The van der Waals surface area contributed by atoms with E-state index >= 15 is 0 Å². The lowest BCUT2D eigenvalue weighted by atomic mass is 10.1. The highest BCUT2D eigenvalue weighted by Crippen LogP contribution is 2.40. The SMILES string of the molecule is COc1cccc(/C(C)=C2\S/C(=N/c3nccs3)N(c3ccccc3)C2=O)c1. The van der Waals surface area contributed by atoms with E-state index in [1.807, 2.05) is 66.9 Å². The highest BCUT2D eigenvalue weighted by molar-refractivity contribution is 8.19. The lowest BCUT2D eigenvalue weighted by Gasteiger charge is -2.15. The summed E-state index contributed by atoms with van der Waals surface area (Å²) >= 11 is 2.80. The summed E-state index contributed by atoms with van der Waals surface area (Å²) < 4.78 is 5.32. The molecule has 1 aromatic heterocycles. The standard InChI is InChI=1S/C21H17N3O2S2/c1-14(15-7-6-10-17(13-15)26-2)18-19(25)24(16-8-4-3-5-9-16)21(28-18)23-20-22-11-12-27-20/h3-13H,1-2H3/b18-14-,23-21+. The van der Waals surface area contributed by atoms with Crippen LogP contribution in [0.3, 0.4) is 0 Å². The lowest BCUT2D eigenvalue weighted by Crippen LogP contribution is -2.28. The molecule has 0 atom stereocenters. The fourth-order valence-corrected chi connectivity index (χ4v) is 4.43. The summed E-state index contributed by atoms with van der Waals surface area (Å²) in [5, 5.41) is 3.09. The first-order valence-electron chi connectivity index (χ1n) is 8.58. The number of ether oxygens (including phenoxy) is 1. The number of carbonyl (C=O) groups excluding carboxylic acids is 1. The molecule has 0 saturated carbocycles. The van der Waals surface area contributed by atoms with Crippen LogP contribution in [0, 0.1) is 0 Å². The minimum Gasteiger partial charge on any atom is -0.497 e. The molecule has 0 radical (unpaired) electrons. The molecular formula is C21H17N3O2S2. The molecule has 3 aromatic rings. The maximum atomic E-state index is 13.3. The Labute approximate surface area is 171 Å². The van der Waals surface area contributed by atoms with Crippen LogP contribution in [0.2, 0.25) is 0 Å². The zero-order chi connectivity index (χ0) is 19.5. The summed E-state index contributed by atoms with van der Waals surface area (Å²) in [5.74, 6) is 0.663. The Bertz CT molecular complexity index is 1060. The van der Waals surface area contributed by atoms with E-state index < -0.39 is 0 Å². The molecule has 2 aromatic carbocycles. The number of allylic oxidation sites excluding steroid dienone is 1. The van der Waals surface area contributed by atoms with Crippen molar-refractivity contribution in [3.63, 3.8) is 0 Å². The Morgan fingerprint density at radius 1 is 1.14 bits per heavy atom. The third-order valence-corrected chi connectivity index (χ3v) is 6.06. The van der Waals surface area contributed by atoms with Crippen molar-refractivity contribution in [1.82, 2.24) is 4.98 Å². The van der Waals surface area contributed by atoms with Crippen LogP contribution in [0.5, 0.6) is 5.75 Å². The molecule has 28 heavy (non-hydrogen) atoms. The van der Waals surface area contributed by atoms with Gasteiger partial charge in [0.05, 0.1) is 17.7 Å². The van der Waals surface area contributed by atoms with E-state index in [9.17, 15) is 4.79 Å². The highest BCUT2D eigenvalue weighted by atomic mass is 32.2. The van der Waals surface area contributed by atoms with Gasteiger partial charge in [0.2, 0.25) is 5.13 Å². The molecule has 7 heteroatoms. The number of para-hydroxylation sites is 1. The van der Waals surface area contributed by atoms with Gasteiger partial charge < -0.3 is 4.74 Å². The van der Waals surface area contributed by atoms with Crippen molar-refractivity contribution in [3.05, 3.63) is 76.6 Å². The van der Waals surface area contributed by atoms with Crippen molar-refractivity contribution in [2.24, 2.45) is 4.99 Å². The summed E-state index contributed by atoms with van der Waals surface area (Å²) in [5.41, 5.74) is 2.61. The van der Waals surface area contributed by atoms with E-state index in [1.54, 1.807) is 18.2 Å². The molecule has 4 rings (SSSR count). The minimum atomic E-state index is -0.0909. The molecular weight excluding hydrogens is 390 g/mol. The molecule has 1 fully saturated rings. The molecule has 140 valence electrons. The zero-order valence-electron chi connectivity index (χ0n) is 15.3. The summed E-state index contributed by atoms with van der Waals surface area (Å²) in [6.45, 7) is 1.95. The molecule has 0 bridgehead atoms. The van der Waals surface area contributed by atoms with Crippen LogP contribution in [0.4, 0.5) is 10.8 Å². The van der Waals surface area contributed by atoms with E-state index in [-0.39, 0.29) is 5.91 Å². The van der Waals surface area contributed by atoms with Crippen molar-refractivity contribution in [2.45, 2.75) is 6.92 Å². The fourth-order valence-electron chi connectivity index (χ4n) is 2.82. The predicted molar refractivity (Wildman–Crippen MR) is 116 cm³/mol. The number of anilines is 1. The van der Waals surface area contributed by atoms with Crippen molar-refractivity contribution in [1.29, 1.82) is 0 Å². The van der Waals surface area contributed by atoms with E-state index in [1.165, 1.54) is 23.1 Å². The van der Waals surface area contributed by atoms with Gasteiger partial charge in [-0.2, -0.15) is 4.99 Å². The molecule has 1 amide bonds. The van der Waals surface area contributed by atoms with Crippen LogP contribution in [0.15, 0.2) is 76.1 Å². The van der Waals surface area contributed by atoms with Crippen molar-refractivity contribution in [3.8, 4) is 5.75 Å². The van der Waals surface area contributed by atoms with Crippen molar-refractivity contribution < 1.29 is 9.53 Å².